The topological polar surface area (TPSA) is 54.3 Å². The fourth-order valence-electron chi connectivity index (χ4n) is 1.96. The minimum Gasteiger partial charge on any atom is -0.342 e. The van der Waals surface area contributed by atoms with Crippen molar-refractivity contribution in [2.75, 3.05) is 26.2 Å². The van der Waals surface area contributed by atoms with Crippen LogP contribution in [0.4, 0.5) is 0 Å². The molecule has 1 amide bonds. The summed E-state index contributed by atoms with van der Waals surface area (Å²) in [6.07, 6.45) is 3.32. The Kier molecular flexibility index (Phi) is 3.58. The third-order valence-electron chi connectivity index (χ3n) is 3.06. The number of hydrogen-bond donors (Lipinski definition) is 1. The van der Waals surface area contributed by atoms with E-state index in [-0.39, 0.29) is 17.4 Å². The number of carbonyl (C=O) groups is 1. The lowest BCUT2D eigenvalue weighted by molar-refractivity contribution is -0.134. The lowest BCUT2D eigenvalue weighted by Gasteiger charge is -2.30. The summed E-state index contributed by atoms with van der Waals surface area (Å²) < 4.78 is 1.77. The van der Waals surface area contributed by atoms with E-state index in [1.54, 1.807) is 17.0 Å². The highest BCUT2D eigenvalue weighted by Crippen LogP contribution is 2.09. The first-order chi connectivity index (χ1) is 8.18. The maximum atomic E-state index is 12.2. The first-order valence-corrected chi connectivity index (χ1v) is 5.86. The lowest BCUT2D eigenvalue weighted by Crippen LogP contribution is -2.48. The van der Waals surface area contributed by atoms with Gasteiger partial charge in [-0.05, 0) is 6.92 Å². The zero-order valence-corrected chi connectivity index (χ0v) is 9.93. The number of nitrogens with zero attached hydrogens (tertiary/aromatic N) is 2. The molecule has 1 aliphatic rings. The summed E-state index contributed by atoms with van der Waals surface area (Å²) in [5.74, 6) is 0.107. The van der Waals surface area contributed by atoms with E-state index in [4.69, 9.17) is 0 Å². The summed E-state index contributed by atoms with van der Waals surface area (Å²) >= 11 is 0. The number of aromatic nitrogens is 1. The summed E-state index contributed by atoms with van der Waals surface area (Å²) in [4.78, 5) is 25.0. The van der Waals surface area contributed by atoms with E-state index in [1.807, 2.05) is 11.8 Å². The molecule has 1 unspecified atom stereocenters. The molecule has 5 heteroatoms. The first-order valence-electron chi connectivity index (χ1n) is 5.86. The van der Waals surface area contributed by atoms with Gasteiger partial charge in [-0.25, -0.2) is 0 Å². The molecule has 2 heterocycles. The Morgan fingerprint density at radius 3 is 2.47 bits per heavy atom. The highest BCUT2D eigenvalue weighted by atomic mass is 16.2. The second kappa shape index (κ2) is 5.14. The van der Waals surface area contributed by atoms with Crippen LogP contribution in [0.1, 0.15) is 13.0 Å². The maximum Gasteiger partial charge on any atom is 0.245 e. The average molecular weight is 235 g/mol. The van der Waals surface area contributed by atoms with Crippen LogP contribution in [0.2, 0.25) is 0 Å². The monoisotopic (exact) mass is 235 g/mol. The minimum absolute atomic E-state index is 0.0388. The van der Waals surface area contributed by atoms with Crippen LogP contribution in [0.5, 0.6) is 0 Å². The van der Waals surface area contributed by atoms with Crippen molar-refractivity contribution in [3.8, 4) is 0 Å². The second-order valence-corrected chi connectivity index (χ2v) is 4.23. The Bertz CT molecular complexity index is 429. The van der Waals surface area contributed by atoms with Gasteiger partial charge in [-0.1, -0.05) is 0 Å². The summed E-state index contributed by atoms with van der Waals surface area (Å²) in [5, 5.41) is 3.21. The second-order valence-electron chi connectivity index (χ2n) is 4.23. The minimum atomic E-state index is -0.256. The maximum absolute atomic E-state index is 12.2. The first kappa shape index (κ1) is 11.9. The molecule has 2 rings (SSSR count). The molecule has 0 aliphatic carbocycles. The predicted octanol–water partition coefficient (Wildman–Crippen LogP) is -0.159. The largest absolute Gasteiger partial charge is 0.342 e. The number of hydrogen-bond acceptors (Lipinski definition) is 3. The van der Waals surface area contributed by atoms with Gasteiger partial charge in [0, 0.05) is 50.7 Å². The number of piperazine rings is 1. The summed E-state index contributed by atoms with van der Waals surface area (Å²) in [6, 6.07) is 2.69. The molecule has 92 valence electrons. The van der Waals surface area contributed by atoms with E-state index in [0.29, 0.717) is 0 Å². The lowest BCUT2D eigenvalue weighted by atomic mass is 10.2. The van der Waals surface area contributed by atoms with Crippen LogP contribution in [-0.2, 0) is 4.79 Å². The van der Waals surface area contributed by atoms with Gasteiger partial charge in [0.15, 0.2) is 5.43 Å². The van der Waals surface area contributed by atoms with E-state index in [2.05, 4.69) is 5.32 Å². The van der Waals surface area contributed by atoms with Gasteiger partial charge >= 0.3 is 0 Å². The molecule has 17 heavy (non-hydrogen) atoms. The van der Waals surface area contributed by atoms with Crippen LogP contribution in [-0.4, -0.2) is 41.6 Å². The Labute approximate surface area is 100 Å². The average Bonchev–Trinajstić information content (AvgIpc) is 2.39. The molecule has 0 spiro atoms. The Balaban J connectivity index is 2.08. The number of rotatable bonds is 2. The fourth-order valence-corrected chi connectivity index (χ4v) is 1.96. The quantitative estimate of drug-likeness (QED) is 0.775. The van der Waals surface area contributed by atoms with E-state index in [0.717, 1.165) is 26.2 Å². The molecule has 1 saturated heterocycles. The van der Waals surface area contributed by atoms with Crippen molar-refractivity contribution in [2.45, 2.75) is 13.0 Å². The van der Waals surface area contributed by atoms with Crippen LogP contribution in [0.25, 0.3) is 0 Å². The summed E-state index contributed by atoms with van der Waals surface area (Å²) in [5.41, 5.74) is -0.0388. The zero-order valence-electron chi connectivity index (χ0n) is 9.93. The van der Waals surface area contributed by atoms with Crippen LogP contribution in [0.15, 0.2) is 29.3 Å². The van der Waals surface area contributed by atoms with E-state index in [1.165, 1.54) is 12.1 Å². The van der Waals surface area contributed by atoms with Crippen LogP contribution < -0.4 is 10.7 Å². The van der Waals surface area contributed by atoms with Crippen molar-refractivity contribution >= 4 is 5.91 Å². The van der Waals surface area contributed by atoms with Crippen molar-refractivity contribution in [1.29, 1.82) is 0 Å². The van der Waals surface area contributed by atoms with Crippen molar-refractivity contribution in [1.82, 2.24) is 14.8 Å². The number of nitrogens with one attached hydrogen (secondary N) is 1. The van der Waals surface area contributed by atoms with Gasteiger partial charge < -0.3 is 14.8 Å². The van der Waals surface area contributed by atoms with Gasteiger partial charge in [0.05, 0.1) is 0 Å². The standard InChI is InChI=1S/C12H17N3O2/c1-10(14-6-2-11(16)3-7-14)12(17)15-8-4-13-5-9-15/h2-3,6-7,10,13H,4-5,8-9H2,1H3. The predicted molar refractivity (Wildman–Crippen MR) is 64.9 cm³/mol. The molecule has 1 atom stereocenters. The number of pyridine rings is 1. The fraction of sp³-hybridized carbons (Fsp3) is 0.500. The van der Waals surface area contributed by atoms with Crippen molar-refractivity contribution < 1.29 is 4.79 Å². The summed E-state index contributed by atoms with van der Waals surface area (Å²) in [6.45, 7) is 5.06. The highest BCUT2D eigenvalue weighted by Gasteiger charge is 2.22. The highest BCUT2D eigenvalue weighted by molar-refractivity contribution is 5.80. The van der Waals surface area contributed by atoms with Gasteiger partial charge in [0.1, 0.15) is 6.04 Å². The van der Waals surface area contributed by atoms with Crippen LogP contribution in [0.3, 0.4) is 0 Å². The Morgan fingerprint density at radius 2 is 1.88 bits per heavy atom. The molecule has 0 saturated carbocycles. The van der Waals surface area contributed by atoms with Gasteiger partial charge in [0.25, 0.3) is 0 Å². The third-order valence-corrected chi connectivity index (χ3v) is 3.06. The molecule has 0 bridgehead atoms. The molecular formula is C12H17N3O2. The molecule has 1 aromatic rings. The molecule has 1 N–H and O–H groups in total. The zero-order chi connectivity index (χ0) is 12.3. The molecule has 5 nitrogen and oxygen atoms in total. The molecular weight excluding hydrogens is 218 g/mol. The Hall–Kier alpha value is -1.62. The molecule has 1 aliphatic heterocycles. The van der Waals surface area contributed by atoms with Gasteiger partial charge in [-0.3, -0.25) is 9.59 Å². The normalized spacial score (nSPS) is 17.8. The molecule has 1 aromatic heterocycles. The van der Waals surface area contributed by atoms with Crippen LogP contribution >= 0.6 is 0 Å². The van der Waals surface area contributed by atoms with E-state index < -0.39 is 0 Å². The van der Waals surface area contributed by atoms with Gasteiger partial charge in [-0.15, -0.1) is 0 Å². The van der Waals surface area contributed by atoms with Crippen LogP contribution in [0, 0.1) is 0 Å². The third kappa shape index (κ3) is 2.74. The van der Waals surface area contributed by atoms with Crippen molar-refractivity contribution in [3.63, 3.8) is 0 Å². The SMILES string of the molecule is CC(C(=O)N1CCNCC1)n1ccc(=O)cc1. The van der Waals surface area contributed by atoms with Crippen molar-refractivity contribution in [3.05, 3.63) is 34.7 Å². The molecule has 0 radical (unpaired) electrons. The summed E-state index contributed by atoms with van der Waals surface area (Å²) in [7, 11) is 0. The van der Waals surface area contributed by atoms with Crippen molar-refractivity contribution in [2.24, 2.45) is 0 Å². The van der Waals surface area contributed by atoms with Gasteiger partial charge in [-0.2, -0.15) is 0 Å². The molecule has 0 aromatic carbocycles. The van der Waals surface area contributed by atoms with Gasteiger partial charge in [0.2, 0.25) is 5.91 Å². The number of amides is 1. The Morgan fingerprint density at radius 1 is 1.29 bits per heavy atom. The van der Waals surface area contributed by atoms with E-state index >= 15 is 0 Å². The number of carbonyl (C=O) groups excluding carboxylic acids is 1. The smallest absolute Gasteiger partial charge is 0.245 e. The molecule has 1 fully saturated rings. The van der Waals surface area contributed by atoms with E-state index in [9.17, 15) is 9.59 Å².